The van der Waals surface area contributed by atoms with Crippen LogP contribution in [0.2, 0.25) is 0 Å². The van der Waals surface area contributed by atoms with Gasteiger partial charge in [-0.05, 0) is 0 Å². The molecule has 11 heavy (non-hydrogen) atoms. The maximum atomic E-state index is 11.6. The third-order valence-electron chi connectivity index (χ3n) is 1.09. The number of hydrogen-bond acceptors (Lipinski definition) is 3. The Morgan fingerprint density at radius 3 is 3.00 bits per heavy atom. The molecule has 0 unspecified atom stereocenters. The minimum Gasteiger partial charge on any atom is -0.306 e. The van der Waals surface area contributed by atoms with Crippen molar-refractivity contribution in [3.8, 4) is 0 Å². The smallest absolute Gasteiger partial charge is 0.250 e. The zero-order chi connectivity index (χ0) is 8.10. The van der Waals surface area contributed by atoms with Crippen molar-refractivity contribution < 1.29 is 8.78 Å². The molecule has 1 aromatic heterocycles. The number of halogens is 2. The number of rotatable bonds is 4. The lowest BCUT2D eigenvalue weighted by Gasteiger charge is -1.99. The Labute approximate surface area is 67.3 Å². The molecule has 0 saturated carbocycles. The Kier molecular flexibility index (Phi) is 3.38. The summed E-state index contributed by atoms with van der Waals surface area (Å²) >= 11 is 1.46. The van der Waals surface area contributed by atoms with Crippen LogP contribution in [0.4, 0.5) is 8.78 Å². The second kappa shape index (κ2) is 4.35. The number of nitrogens with zero attached hydrogens (tertiary/aromatic N) is 1. The molecule has 0 radical (unpaired) electrons. The van der Waals surface area contributed by atoms with Gasteiger partial charge in [0, 0.05) is 11.9 Å². The molecule has 0 saturated heterocycles. The summed E-state index contributed by atoms with van der Waals surface area (Å²) in [5.74, 6) is 0. The second-order valence-corrected chi connectivity index (χ2v) is 2.72. The van der Waals surface area contributed by atoms with Crippen LogP contribution in [0.15, 0.2) is 10.9 Å². The molecular weight excluding hydrogens is 170 g/mol. The fourth-order valence-electron chi connectivity index (χ4n) is 0.634. The van der Waals surface area contributed by atoms with Crippen LogP contribution in [0.25, 0.3) is 0 Å². The molecule has 0 amide bonds. The largest absolute Gasteiger partial charge is 0.306 e. The first kappa shape index (κ1) is 8.55. The van der Waals surface area contributed by atoms with Gasteiger partial charge in [-0.3, -0.25) is 0 Å². The highest BCUT2D eigenvalue weighted by Crippen LogP contribution is 1.99. The maximum Gasteiger partial charge on any atom is 0.250 e. The Morgan fingerprint density at radius 1 is 1.64 bits per heavy atom. The average Bonchev–Trinajstić information content (AvgIpc) is 2.39. The average molecular weight is 178 g/mol. The van der Waals surface area contributed by atoms with Crippen molar-refractivity contribution in [1.29, 1.82) is 0 Å². The molecule has 0 aliphatic heterocycles. The van der Waals surface area contributed by atoms with Crippen molar-refractivity contribution in [3.63, 3.8) is 0 Å². The van der Waals surface area contributed by atoms with Crippen molar-refractivity contribution in [2.24, 2.45) is 0 Å². The number of alkyl halides is 2. The fourth-order valence-corrected chi connectivity index (χ4v) is 1.19. The lowest BCUT2D eigenvalue weighted by Crippen LogP contribution is -2.20. The summed E-state index contributed by atoms with van der Waals surface area (Å²) in [5.41, 5.74) is 2.50. The molecule has 0 spiro atoms. The van der Waals surface area contributed by atoms with Gasteiger partial charge in [0.1, 0.15) is 0 Å². The van der Waals surface area contributed by atoms with E-state index in [2.05, 4.69) is 10.3 Å². The predicted octanol–water partition coefficient (Wildman–Crippen LogP) is 1.50. The number of hydrogen-bond donors (Lipinski definition) is 1. The standard InChI is InChI=1S/C6H8F2N2S/c7-6(8)2-9-1-5-3-11-4-10-5/h3-4,6,9H,1-2H2. The highest BCUT2D eigenvalue weighted by Gasteiger charge is 2.00. The number of aromatic nitrogens is 1. The molecule has 0 fully saturated rings. The van der Waals surface area contributed by atoms with Gasteiger partial charge in [-0.1, -0.05) is 0 Å². The Balaban J connectivity index is 2.14. The summed E-state index contributed by atoms with van der Waals surface area (Å²) in [6, 6.07) is 0. The monoisotopic (exact) mass is 178 g/mol. The second-order valence-electron chi connectivity index (χ2n) is 2.00. The first-order valence-corrected chi connectivity index (χ1v) is 4.09. The van der Waals surface area contributed by atoms with Gasteiger partial charge in [-0.25, -0.2) is 13.8 Å². The molecule has 0 aliphatic rings. The van der Waals surface area contributed by atoms with E-state index >= 15 is 0 Å². The van der Waals surface area contributed by atoms with Gasteiger partial charge in [0.2, 0.25) is 0 Å². The van der Waals surface area contributed by atoms with E-state index in [4.69, 9.17) is 0 Å². The zero-order valence-electron chi connectivity index (χ0n) is 5.76. The van der Waals surface area contributed by atoms with E-state index in [0.717, 1.165) is 5.69 Å². The lowest BCUT2D eigenvalue weighted by atomic mass is 10.5. The maximum absolute atomic E-state index is 11.6. The zero-order valence-corrected chi connectivity index (χ0v) is 6.57. The molecular formula is C6H8F2N2S. The third kappa shape index (κ3) is 3.38. The van der Waals surface area contributed by atoms with Crippen LogP contribution in [0.1, 0.15) is 5.69 Å². The quantitative estimate of drug-likeness (QED) is 0.755. The van der Waals surface area contributed by atoms with Crippen LogP contribution in [0, 0.1) is 0 Å². The molecule has 2 nitrogen and oxygen atoms in total. The van der Waals surface area contributed by atoms with Gasteiger partial charge in [-0.2, -0.15) is 0 Å². The number of nitrogens with one attached hydrogen (secondary N) is 1. The summed E-state index contributed by atoms with van der Waals surface area (Å²) < 4.78 is 23.2. The Hall–Kier alpha value is -0.550. The number of thiazole rings is 1. The molecule has 62 valence electrons. The van der Waals surface area contributed by atoms with Crippen LogP contribution in [-0.4, -0.2) is 18.0 Å². The summed E-state index contributed by atoms with van der Waals surface area (Å²) in [5, 5.41) is 4.41. The fraction of sp³-hybridized carbons (Fsp3) is 0.500. The van der Waals surface area contributed by atoms with Crippen molar-refractivity contribution in [2.45, 2.75) is 13.0 Å². The minimum absolute atomic E-state index is 0.266. The summed E-state index contributed by atoms with van der Waals surface area (Å²) in [6.45, 7) is 0.158. The Bertz CT molecular complexity index is 188. The van der Waals surface area contributed by atoms with Gasteiger partial charge < -0.3 is 5.32 Å². The highest BCUT2D eigenvalue weighted by molar-refractivity contribution is 7.07. The van der Waals surface area contributed by atoms with Crippen molar-refractivity contribution >= 4 is 11.3 Å². The lowest BCUT2D eigenvalue weighted by molar-refractivity contribution is 0.145. The first-order valence-electron chi connectivity index (χ1n) is 3.15. The predicted molar refractivity (Wildman–Crippen MR) is 39.8 cm³/mol. The molecule has 1 heterocycles. The van der Waals surface area contributed by atoms with Gasteiger partial charge in [0.05, 0.1) is 17.7 Å². The van der Waals surface area contributed by atoms with E-state index in [1.54, 1.807) is 5.51 Å². The van der Waals surface area contributed by atoms with Crippen molar-refractivity contribution in [2.75, 3.05) is 6.54 Å². The molecule has 1 aromatic rings. The molecule has 0 atom stereocenters. The highest BCUT2D eigenvalue weighted by atomic mass is 32.1. The SMILES string of the molecule is FC(F)CNCc1cscn1. The van der Waals surface area contributed by atoms with E-state index in [0.29, 0.717) is 6.54 Å². The topological polar surface area (TPSA) is 24.9 Å². The van der Waals surface area contributed by atoms with E-state index < -0.39 is 6.43 Å². The van der Waals surface area contributed by atoms with Crippen LogP contribution in [-0.2, 0) is 6.54 Å². The van der Waals surface area contributed by atoms with Crippen LogP contribution >= 0.6 is 11.3 Å². The van der Waals surface area contributed by atoms with Crippen LogP contribution in [0.3, 0.4) is 0 Å². The van der Waals surface area contributed by atoms with Crippen molar-refractivity contribution in [1.82, 2.24) is 10.3 Å². The third-order valence-corrected chi connectivity index (χ3v) is 1.72. The molecule has 5 heteroatoms. The van der Waals surface area contributed by atoms with E-state index in [1.807, 2.05) is 5.38 Å². The summed E-state index contributed by atoms with van der Waals surface area (Å²) in [6.07, 6.45) is -2.28. The van der Waals surface area contributed by atoms with Gasteiger partial charge in [0.15, 0.2) is 0 Å². The normalized spacial score (nSPS) is 10.8. The van der Waals surface area contributed by atoms with Gasteiger partial charge in [0.25, 0.3) is 6.43 Å². The van der Waals surface area contributed by atoms with Crippen molar-refractivity contribution in [3.05, 3.63) is 16.6 Å². The van der Waals surface area contributed by atoms with Crippen LogP contribution in [0.5, 0.6) is 0 Å². The summed E-state index contributed by atoms with van der Waals surface area (Å²) in [4.78, 5) is 3.92. The van der Waals surface area contributed by atoms with E-state index in [1.165, 1.54) is 11.3 Å². The molecule has 0 aromatic carbocycles. The molecule has 1 rings (SSSR count). The molecule has 1 N–H and O–H groups in total. The summed E-state index contributed by atoms with van der Waals surface area (Å²) in [7, 11) is 0. The molecule has 0 bridgehead atoms. The minimum atomic E-state index is -2.28. The van der Waals surface area contributed by atoms with E-state index in [-0.39, 0.29) is 6.54 Å². The van der Waals surface area contributed by atoms with Crippen LogP contribution < -0.4 is 5.32 Å². The van der Waals surface area contributed by atoms with Gasteiger partial charge >= 0.3 is 0 Å². The Morgan fingerprint density at radius 2 is 2.45 bits per heavy atom. The van der Waals surface area contributed by atoms with E-state index in [9.17, 15) is 8.78 Å². The van der Waals surface area contributed by atoms with Gasteiger partial charge in [-0.15, -0.1) is 11.3 Å². The molecule has 0 aliphatic carbocycles. The first-order chi connectivity index (χ1) is 5.29.